The van der Waals surface area contributed by atoms with Gasteiger partial charge in [-0.15, -0.1) is 0 Å². The Hall–Kier alpha value is -2.43. The van der Waals surface area contributed by atoms with Gasteiger partial charge in [0.2, 0.25) is 0 Å². The van der Waals surface area contributed by atoms with Crippen LogP contribution in [0.15, 0.2) is 36.8 Å². The average Bonchev–Trinajstić information content (AvgIpc) is 2.39. The SMILES string of the molecule is COc1ccncc1-c1cc(C(=O)O)ccn1. The van der Waals surface area contributed by atoms with Gasteiger partial charge in [-0.25, -0.2) is 4.79 Å². The molecule has 0 aliphatic heterocycles. The van der Waals surface area contributed by atoms with Gasteiger partial charge in [-0.3, -0.25) is 9.97 Å². The highest BCUT2D eigenvalue weighted by Crippen LogP contribution is 2.27. The minimum atomic E-state index is -0.989. The molecule has 2 rings (SSSR count). The quantitative estimate of drug-likeness (QED) is 0.871. The maximum absolute atomic E-state index is 10.9. The minimum absolute atomic E-state index is 0.181. The molecule has 0 amide bonds. The molecule has 5 nitrogen and oxygen atoms in total. The lowest BCUT2D eigenvalue weighted by molar-refractivity contribution is 0.0697. The third-order valence-electron chi connectivity index (χ3n) is 2.28. The fraction of sp³-hybridized carbons (Fsp3) is 0.0833. The molecule has 2 heterocycles. The van der Waals surface area contributed by atoms with Crippen molar-refractivity contribution in [2.75, 3.05) is 7.11 Å². The summed E-state index contributed by atoms with van der Waals surface area (Å²) in [6.45, 7) is 0. The molecule has 0 fully saturated rings. The summed E-state index contributed by atoms with van der Waals surface area (Å²) >= 11 is 0. The summed E-state index contributed by atoms with van der Waals surface area (Å²) in [5.41, 5.74) is 1.37. The zero-order chi connectivity index (χ0) is 12.3. The predicted molar refractivity (Wildman–Crippen MR) is 61.0 cm³/mol. The molecular formula is C12H10N2O3. The lowest BCUT2D eigenvalue weighted by Crippen LogP contribution is -1.98. The standard InChI is InChI=1S/C12H10N2O3/c1-17-11-3-4-13-7-9(11)10-6-8(12(15)16)2-5-14-10/h2-7H,1H3,(H,15,16). The maximum atomic E-state index is 10.9. The van der Waals surface area contributed by atoms with E-state index in [-0.39, 0.29) is 5.56 Å². The Labute approximate surface area is 97.7 Å². The zero-order valence-electron chi connectivity index (χ0n) is 9.12. The highest BCUT2D eigenvalue weighted by atomic mass is 16.5. The number of aromatic nitrogens is 2. The molecule has 2 aromatic heterocycles. The first-order valence-electron chi connectivity index (χ1n) is 4.90. The molecule has 0 aromatic carbocycles. The van der Waals surface area contributed by atoms with E-state index >= 15 is 0 Å². The number of carboxylic acids is 1. The van der Waals surface area contributed by atoms with Crippen molar-refractivity contribution < 1.29 is 14.6 Å². The molecule has 0 bridgehead atoms. The van der Waals surface area contributed by atoms with Gasteiger partial charge in [-0.05, 0) is 18.2 Å². The van der Waals surface area contributed by atoms with Gasteiger partial charge >= 0.3 is 5.97 Å². The summed E-state index contributed by atoms with van der Waals surface area (Å²) in [5.74, 6) is -0.383. The van der Waals surface area contributed by atoms with Crippen molar-refractivity contribution in [3.63, 3.8) is 0 Å². The van der Waals surface area contributed by atoms with E-state index in [1.165, 1.54) is 18.3 Å². The Morgan fingerprint density at radius 1 is 1.35 bits per heavy atom. The Bertz CT molecular complexity index is 555. The number of carbonyl (C=O) groups is 1. The molecule has 0 saturated carbocycles. The lowest BCUT2D eigenvalue weighted by Gasteiger charge is -2.07. The van der Waals surface area contributed by atoms with Crippen LogP contribution in [0.1, 0.15) is 10.4 Å². The van der Waals surface area contributed by atoms with Crippen molar-refractivity contribution in [1.82, 2.24) is 9.97 Å². The fourth-order valence-corrected chi connectivity index (χ4v) is 1.46. The molecule has 0 saturated heterocycles. The molecule has 0 unspecified atom stereocenters. The Morgan fingerprint density at radius 3 is 2.88 bits per heavy atom. The van der Waals surface area contributed by atoms with Crippen LogP contribution in [-0.4, -0.2) is 28.2 Å². The van der Waals surface area contributed by atoms with Crippen molar-refractivity contribution in [3.05, 3.63) is 42.4 Å². The van der Waals surface area contributed by atoms with Crippen LogP contribution in [0.3, 0.4) is 0 Å². The number of pyridine rings is 2. The van der Waals surface area contributed by atoms with Crippen LogP contribution in [0.5, 0.6) is 5.75 Å². The molecule has 1 N–H and O–H groups in total. The number of hydrogen-bond donors (Lipinski definition) is 1. The van der Waals surface area contributed by atoms with E-state index in [9.17, 15) is 4.79 Å². The van der Waals surface area contributed by atoms with Crippen molar-refractivity contribution in [2.24, 2.45) is 0 Å². The van der Waals surface area contributed by atoms with Crippen LogP contribution in [-0.2, 0) is 0 Å². The Kier molecular flexibility index (Phi) is 3.00. The summed E-state index contributed by atoms with van der Waals surface area (Å²) < 4.78 is 5.17. The molecule has 5 heteroatoms. The summed E-state index contributed by atoms with van der Waals surface area (Å²) in [6, 6.07) is 4.63. The number of rotatable bonds is 3. The fourth-order valence-electron chi connectivity index (χ4n) is 1.46. The molecule has 2 aromatic rings. The maximum Gasteiger partial charge on any atom is 0.335 e. The summed E-state index contributed by atoms with van der Waals surface area (Å²) in [7, 11) is 1.54. The monoisotopic (exact) mass is 230 g/mol. The Morgan fingerprint density at radius 2 is 2.18 bits per heavy atom. The topological polar surface area (TPSA) is 72.3 Å². The van der Waals surface area contributed by atoms with Gasteiger partial charge in [-0.1, -0.05) is 0 Å². The largest absolute Gasteiger partial charge is 0.496 e. The van der Waals surface area contributed by atoms with Gasteiger partial charge in [0.1, 0.15) is 5.75 Å². The number of nitrogens with zero attached hydrogens (tertiary/aromatic N) is 2. The predicted octanol–water partition coefficient (Wildman–Crippen LogP) is 1.85. The van der Waals surface area contributed by atoms with Crippen molar-refractivity contribution >= 4 is 5.97 Å². The van der Waals surface area contributed by atoms with Gasteiger partial charge in [0, 0.05) is 18.6 Å². The van der Waals surface area contributed by atoms with Crippen LogP contribution in [0.2, 0.25) is 0 Å². The molecule has 86 valence electrons. The number of hydrogen-bond acceptors (Lipinski definition) is 4. The van der Waals surface area contributed by atoms with Gasteiger partial charge < -0.3 is 9.84 Å². The van der Waals surface area contributed by atoms with Crippen LogP contribution >= 0.6 is 0 Å². The first kappa shape index (κ1) is 11.1. The first-order valence-corrected chi connectivity index (χ1v) is 4.90. The third-order valence-corrected chi connectivity index (χ3v) is 2.28. The minimum Gasteiger partial charge on any atom is -0.496 e. The van der Waals surface area contributed by atoms with Crippen LogP contribution < -0.4 is 4.74 Å². The molecule has 0 spiro atoms. The second-order valence-electron chi connectivity index (χ2n) is 3.31. The molecule has 0 aliphatic rings. The van der Waals surface area contributed by atoms with Crippen LogP contribution in [0.25, 0.3) is 11.3 Å². The zero-order valence-corrected chi connectivity index (χ0v) is 9.12. The van der Waals surface area contributed by atoms with Crippen molar-refractivity contribution in [1.29, 1.82) is 0 Å². The van der Waals surface area contributed by atoms with E-state index < -0.39 is 5.97 Å². The highest BCUT2D eigenvalue weighted by Gasteiger charge is 2.09. The highest BCUT2D eigenvalue weighted by molar-refractivity contribution is 5.89. The van der Waals surface area contributed by atoms with E-state index in [1.54, 1.807) is 25.6 Å². The Balaban J connectivity index is 2.52. The molecular weight excluding hydrogens is 220 g/mol. The molecule has 0 radical (unpaired) electrons. The average molecular weight is 230 g/mol. The summed E-state index contributed by atoms with van der Waals surface area (Å²) in [6.07, 6.45) is 4.64. The van der Waals surface area contributed by atoms with Crippen LogP contribution in [0, 0.1) is 0 Å². The number of methoxy groups -OCH3 is 1. The van der Waals surface area contributed by atoms with Gasteiger partial charge in [-0.2, -0.15) is 0 Å². The van der Waals surface area contributed by atoms with Crippen LogP contribution in [0.4, 0.5) is 0 Å². The van der Waals surface area contributed by atoms with Gasteiger partial charge in [0.05, 0.1) is 23.9 Å². The normalized spacial score (nSPS) is 9.94. The number of aromatic carboxylic acids is 1. The molecule has 17 heavy (non-hydrogen) atoms. The third kappa shape index (κ3) is 2.23. The van der Waals surface area contributed by atoms with Crippen molar-refractivity contribution in [3.8, 4) is 17.0 Å². The van der Waals surface area contributed by atoms with Gasteiger partial charge in [0.15, 0.2) is 0 Å². The number of carboxylic acid groups (broad SMARTS) is 1. The van der Waals surface area contributed by atoms with E-state index in [1.807, 2.05) is 0 Å². The van der Waals surface area contributed by atoms with E-state index in [4.69, 9.17) is 9.84 Å². The van der Waals surface area contributed by atoms with Crippen molar-refractivity contribution in [2.45, 2.75) is 0 Å². The smallest absolute Gasteiger partial charge is 0.335 e. The second-order valence-corrected chi connectivity index (χ2v) is 3.31. The van der Waals surface area contributed by atoms with E-state index in [2.05, 4.69) is 9.97 Å². The van der Waals surface area contributed by atoms with Gasteiger partial charge in [0.25, 0.3) is 0 Å². The molecule has 0 atom stereocenters. The summed E-state index contributed by atoms with van der Waals surface area (Å²) in [4.78, 5) is 19.0. The second kappa shape index (κ2) is 4.61. The van der Waals surface area contributed by atoms with E-state index in [0.717, 1.165) is 0 Å². The molecule has 0 aliphatic carbocycles. The summed E-state index contributed by atoms with van der Waals surface area (Å²) in [5, 5.41) is 8.91. The van der Waals surface area contributed by atoms with E-state index in [0.29, 0.717) is 17.0 Å². The first-order chi connectivity index (χ1) is 8.22. The lowest BCUT2D eigenvalue weighted by atomic mass is 10.1. The number of ether oxygens (including phenoxy) is 1.